The van der Waals surface area contributed by atoms with Crippen molar-refractivity contribution in [3.05, 3.63) is 0 Å². The molecule has 0 aromatic rings. The third-order valence-corrected chi connectivity index (χ3v) is 9.14. The lowest BCUT2D eigenvalue weighted by Crippen LogP contribution is -2.63. The van der Waals surface area contributed by atoms with Gasteiger partial charge in [-0.3, -0.25) is 0 Å². The van der Waals surface area contributed by atoms with Crippen molar-refractivity contribution in [2.24, 2.45) is 34.0 Å². The quantitative estimate of drug-likeness (QED) is 0.728. The summed E-state index contributed by atoms with van der Waals surface area (Å²) < 4.78 is 6.24. The number of rotatable bonds is 0. The summed E-state index contributed by atoms with van der Waals surface area (Å²) in [7, 11) is 0. The fraction of sp³-hybridized carbons (Fsp3) is 1.00. The highest BCUT2D eigenvalue weighted by Crippen LogP contribution is 2.73. The third-order valence-electron chi connectivity index (χ3n) is 9.14. The molecule has 0 aromatic heterocycles. The van der Waals surface area contributed by atoms with Crippen molar-refractivity contribution in [3.63, 3.8) is 0 Å². The van der Waals surface area contributed by atoms with Crippen molar-refractivity contribution < 1.29 is 9.84 Å². The van der Waals surface area contributed by atoms with Gasteiger partial charge < -0.3 is 9.84 Å². The smallest absolute Gasteiger partial charge is 0.0653 e. The van der Waals surface area contributed by atoms with Crippen LogP contribution in [0.1, 0.15) is 71.6 Å². The van der Waals surface area contributed by atoms with Crippen LogP contribution in [0.3, 0.4) is 0 Å². The molecule has 1 aliphatic heterocycles. The van der Waals surface area contributed by atoms with E-state index in [2.05, 4.69) is 13.8 Å². The molecule has 7 atom stereocenters. The Bertz CT molecular complexity index is 486. The van der Waals surface area contributed by atoms with E-state index in [9.17, 15) is 5.11 Å². The van der Waals surface area contributed by atoms with Crippen molar-refractivity contribution in [2.75, 3.05) is 13.2 Å². The van der Waals surface area contributed by atoms with Gasteiger partial charge in [-0.2, -0.15) is 0 Å². The van der Waals surface area contributed by atoms with Crippen LogP contribution in [-0.2, 0) is 4.74 Å². The molecule has 0 amide bonds. The summed E-state index contributed by atoms with van der Waals surface area (Å²) in [6.45, 7) is 6.66. The Morgan fingerprint density at radius 2 is 1.82 bits per heavy atom. The Balaban J connectivity index is 1.59. The highest BCUT2D eigenvalue weighted by Gasteiger charge is 2.69. The molecule has 2 nitrogen and oxygen atoms in total. The highest BCUT2D eigenvalue weighted by molar-refractivity contribution is 5.18. The molecular weight excluding hydrogens is 272 g/mol. The van der Waals surface area contributed by atoms with Crippen molar-refractivity contribution in [2.45, 2.75) is 77.2 Å². The molecule has 2 heteroatoms. The van der Waals surface area contributed by atoms with Gasteiger partial charge in [0.2, 0.25) is 0 Å². The number of hydrogen-bond acceptors (Lipinski definition) is 2. The molecular formula is C20H32O2. The first-order valence-electron chi connectivity index (χ1n) is 9.71. The number of aliphatic hydroxyl groups is 1. The lowest BCUT2D eigenvalue weighted by Gasteiger charge is -2.67. The van der Waals surface area contributed by atoms with Gasteiger partial charge in [-0.1, -0.05) is 13.3 Å². The lowest BCUT2D eigenvalue weighted by molar-refractivity contribution is -0.238. The zero-order valence-electron chi connectivity index (χ0n) is 14.4. The summed E-state index contributed by atoms with van der Waals surface area (Å²) >= 11 is 0. The predicted octanol–water partition coefficient (Wildman–Crippen LogP) is 4.16. The first-order valence-corrected chi connectivity index (χ1v) is 9.71. The van der Waals surface area contributed by atoms with E-state index in [1.165, 1.54) is 51.4 Å². The topological polar surface area (TPSA) is 29.5 Å². The Morgan fingerprint density at radius 1 is 0.955 bits per heavy atom. The van der Waals surface area contributed by atoms with Crippen molar-refractivity contribution >= 4 is 0 Å². The highest BCUT2D eigenvalue weighted by atomic mass is 16.5. The third kappa shape index (κ3) is 1.55. The van der Waals surface area contributed by atoms with Gasteiger partial charge in [-0.25, -0.2) is 0 Å². The Labute approximate surface area is 135 Å². The maximum absolute atomic E-state index is 10.9. The van der Waals surface area contributed by atoms with E-state index in [0.29, 0.717) is 22.2 Å². The van der Waals surface area contributed by atoms with Gasteiger partial charge in [0.25, 0.3) is 0 Å². The Kier molecular flexibility index (Phi) is 2.67. The molecule has 1 N–H and O–H groups in total. The van der Waals surface area contributed by atoms with Gasteiger partial charge in [-0.05, 0) is 86.9 Å². The molecule has 4 saturated carbocycles. The lowest BCUT2D eigenvalue weighted by atomic mass is 9.40. The van der Waals surface area contributed by atoms with E-state index in [0.717, 1.165) is 31.5 Å². The van der Waals surface area contributed by atoms with E-state index in [4.69, 9.17) is 4.74 Å². The molecule has 5 rings (SSSR count). The van der Waals surface area contributed by atoms with E-state index < -0.39 is 5.60 Å². The minimum absolute atomic E-state index is 0.397. The first-order chi connectivity index (χ1) is 10.4. The summed E-state index contributed by atoms with van der Waals surface area (Å²) in [6.07, 6.45) is 11.9. The van der Waals surface area contributed by atoms with E-state index in [1.807, 2.05) is 0 Å². The summed E-state index contributed by atoms with van der Waals surface area (Å²) in [5.41, 5.74) is 0.943. The number of hydrogen-bond donors (Lipinski definition) is 1. The van der Waals surface area contributed by atoms with Crippen LogP contribution >= 0.6 is 0 Å². The Hall–Kier alpha value is -0.0800. The molecule has 1 heterocycles. The summed E-state index contributed by atoms with van der Waals surface area (Å²) in [4.78, 5) is 0. The van der Waals surface area contributed by atoms with Crippen LogP contribution in [0, 0.1) is 34.0 Å². The van der Waals surface area contributed by atoms with Crippen molar-refractivity contribution in [3.8, 4) is 0 Å². The van der Waals surface area contributed by atoms with Crippen LogP contribution in [0.5, 0.6) is 0 Å². The fourth-order valence-electron chi connectivity index (χ4n) is 8.52. The summed E-state index contributed by atoms with van der Waals surface area (Å²) in [5, 5.41) is 10.9. The molecule has 1 saturated heterocycles. The summed E-state index contributed by atoms with van der Waals surface area (Å²) in [6, 6.07) is 0. The van der Waals surface area contributed by atoms with Gasteiger partial charge in [0.15, 0.2) is 0 Å². The number of ether oxygens (including phenoxy) is 1. The maximum atomic E-state index is 10.9. The van der Waals surface area contributed by atoms with Crippen LogP contribution in [0.4, 0.5) is 0 Å². The van der Waals surface area contributed by atoms with Crippen LogP contribution in [-0.4, -0.2) is 23.9 Å². The zero-order chi connectivity index (χ0) is 15.2. The second kappa shape index (κ2) is 4.11. The largest absolute Gasteiger partial charge is 0.390 e. The maximum Gasteiger partial charge on any atom is 0.0653 e. The molecule has 1 spiro atoms. The van der Waals surface area contributed by atoms with Crippen LogP contribution in [0.2, 0.25) is 0 Å². The van der Waals surface area contributed by atoms with Gasteiger partial charge >= 0.3 is 0 Å². The van der Waals surface area contributed by atoms with Gasteiger partial charge in [0, 0.05) is 5.41 Å². The van der Waals surface area contributed by atoms with Gasteiger partial charge in [0.05, 0.1) is 18.8 Å². The molecule has 0 radical (unpaired) electrons. The molecule has 124 valence electrons. The second-order valence-corrected chi connectivity index (χ2v) is 10.3. The monoisotopic (exact) mass is 304 g/mol. The number of fused-ring (bicyclic) bond motifs is 1. The van der Waals surface area contributed by atoms with E-state index in [-0.39, 0.29) is 0 Å². The SMILES string of the molecule is C[C@]12CCC[C@]3(COC1)[C@@H]2CC[C@]12C[C@H](CC[C@H]13)[C@](C)(O)C2. The van der Waals surface area contributed by atoms with Gasteiger partial charge in [0.1, 0.15) is 0 Å². The minimum Gasteiger partial charge on any atom is -0.390 e. The van der Waals surface area contributed by atoms with Gasteiger partial charge in [-0.15, -0.1) is 0 Å². The van der Waals surface area contributed by atoms with Crippen molar-refractivity contribution in [1.82, 2.24) is 0 Å². The van der Waals surface area contributed by atoms with Crippen molar-refractivity contribution in [1.29, 1.82) is 0 Å². The minimum atomic E-state index is -0.397. The molecule has 5 fully saturated rings. The molecule has 4 aliphatic carbocycles. The van der Waals surface area contributed by atoms with Crippen LogP contribution in [0.15, 0.2) is 0 Å². The summed E-state index contributed by atoms with van der Waals surface area (Å²) in [5.74, 6) is 2.28. The molecule has 5 aliphatic rings. The van der Waals surface area contributed by atoms with E-state index in [1.54, 1.807) is 0 Å². The van der Waals surface area contributed by atoms with E-state index >= 15 is 0 Å². The molecule has 0 aromatic carbocycles. The van der Waals surface area contributed by atoms with Crippen LogP contribution in [0.25, 0.3) is 0 Å². The normalized spacial score (nSPS) is 63.1. The average molecular weight is 304 g/mol. The molecule has 0 unspecified atom stereocenters. The molecule has 22 heavy (non-hydrogen) atoms. The van der Waals surface area contributed by atoms with Crippen LogP contribution < -0.4 is 0 Å². The standard InChI is InChI=1S/C20H32O2/c1-17-7-3-8-20(13-22-12-17)15(17)6-9-19-10-14(4-5-16(19)20)18(2,21)11-19/h14-16,21H,3-13H2,1-2H3/t14-,15+,16+,17-,18+,19+,20-/m0/s1. The predicted molar refractivity (Wildman–Crippen MR) is 86.4 cm³/mol. The zero-order valence-corrected chi connectivity index (χ0v) is 14.4. The molecule has 4 bridgehead atoms. The second-order valence-electron chi connectivity index (χ2n) is 10.3. The average Bonchev–Trinajstić information content (AvgIpc) is 2.62. The Morgan fingerprint density at radius 3 is 2.68 bits per heavy atom. The fourth-order valence-corrected chi connectivity index (χ4v) is 8.52. The first kappa shape index (κ1) is 14.3.